The average molecular weight is 281 g/mol. The summed E-state index contributed by atoms with van der Waals surface area (Å²) in [5.74, 6) is 0.447. The number of hydrogen-bond acceptors (Lipinski definition) is 3. The summed E-state index contributed by atoms with van der Waals surface area (Å²) in [4.78, 5) is 4.06. The number of rotatable bonds is 2. The van der Waals surface area contributed by atoms with Gasteiger partial charge in [0, 0.05) is 32.0 Å². The van der Waals surface area contributed by atoms with E-state index >= 15 is 0 Å². The van der Waals surface area contributed by atoms with Gasteiger partial charge in [-0.05, 0) is 36.8 Å². The van der Waals surface area contributed by atoms with Crippen molar-refractivity contribution in [3.63, 3.8) is 0 Å². The van der Waals surface area contributed by atoms with E-state index in [9.17, 15) is 8.42 Å². The zero-order valence-corrected chi connectivity index (χ0v) is 11.9. The van der Waals surface area contributed by atoms with Crippen LogP contribution in [-0.4, -0.2) is 37.3 Å². The number of aromatic nitrogens is 1. The van der Waals surface area contributed by atoms with Crippen LogP contribution < -0.4 is 4.31 Å². The van der Waals surface area contributed by atoms with E-state index in [-0.39, 0.29) is 0 Å². The maximum Gasteiger partial charge on any atom is 0.304 e. The second-order valence-electron chi connectivity index (χ2n) is 5.44. The Kier molecular flexibility index (Phi) is 3.22. The zero-order chi connectivity index (χ0) is 13.5. The van der Waals surface area contributed by atoms with Crippen LogP contribution in [0.2, 0.25) is 0 Å². The first-order chi connectivity index (χ1) is 9.09. The van der Waals surface area contributed by atoms with Crippen LogP contribution in [0.25, 0.3) is 0 Å². The molecule has 1 saturated heterocycles. The number of pyridine rings is 1. The van der Waals surface area contributed by atoms with Crippen molar-refractivity contribution in [3.05, 3.63) is 24.0 Å². The lowest BCUT2D eigenvalue weighted by Gasteiger charge is -2.33. The lowest BCUT2D eigenvalue weighted by Crippen LogP contribution is -2.47. The highest BCUT2D eigenvalue weighted by atomic mass is 32.2. The van der Waals surface area contributed by atoms with Gasteiger partial charge in [0.1, 0.15) is 0 Å². The maximum absolute atomic E-state index is 12.7. The second kappa shape index (κ2) is 4.76. The summed E-state index contributed by atoms with van der Waals surface area (Å²) in [7, 11) is -3.37. The molecular formula is C13H19N3O2S. The Morgan fingerprint density at radius 3 is 3.00 bits per heavy atom. The highest BCUT2D eigenvalue weighted by molar-refractivity contribution is 7.90. The Hall–Kier alpha value is -1.14. The summed E-state index contributed by atoms with van der Waals surface area (Å²) in [6.07, 6.45) is 6.25. The molecule has 1 unspecified atom stereocenters. The predicted molar refractivity (Wildman–Crippen MR) is 74.2 cm³/mol. The summed E-state index contributed by atoms with van der Waals surface area (Å²) in [5, 5.41) is 0. The fraction of sp³-hybridized carbons (Fsp3) is 0.615. The van der Waals surface area contributed by atoms with E-state index in [4.69, 9.17) is 0 Å². The Labute approximate surface area is 114 Å². The molecule has 0 amide bonds. The van der Waals surface area contributed by atoms with Gasteiger partial charge in [0.25, 0.3) is 0 Å². The summed E-state index contributed by atoms with van der Waals surface area (Å²) in [6.45, 7) is 3.93. The van der Waals surface area contributed by atoms with Crippen LogP contribution in [0, 0.1) is 5.92 Å². The third-order valence-electron chi connectivity index (χ3n) is 3.96. The molecule has 0 radical (unpaired) electrons. The first-order valence-electron chi connectivity index (χ1n) is 6.80. The van der Waals surface area contributed by atoms with E-state index in [1.807, 2.05) is 0 Å². The molecule has 1 fully saturated rings. The van der Waals surface area contributed by atoms with Crippen molar-refractivity contribution < 1.29 is 8.42 Å². The first-order valence-corrected chi connectivity index (χ1v) is 8.19. The van der Waals surface area contributed by atoms with Gasteiger partial charge in [-0.15, -0.1) is 0 Å². The molecule has 0 N–H and O–H groups in total. The Balaban J connectivity index is 1.90. The lowest BCUT2D eigenvalue weighted by molar-refractivity contribution is 0.280. The monoisotopic (exact) mass is 281 g/mol. The van der Waals surface area contributed by atoms with Gasteiger partial charge in [0.15, 0.2) is 0 Å². The summed E-state index contributed by atoms with van der Waals surface area (Å²) < 4.78 is 28.6. The molecule has 0 spiro atoms. The highest BCUT2D eigenvalue weighted by Crippen LogP contribution is 2.31. The third-order valence-corrected chi connectivity index (χ3v) is 5.88. The van der Waals surface area contributed by atoms with Crippen LogP contribution in [-0.2, 0) is 16.6 Å². The number of nitrogens with zero attached hydrogens (tertiary/aromatic N) is 3. The molecule has 5 nitrogen and oxygen atoms in total. The predicted octanol–water partition coefficient (Wildman–Crippen LogP) is 1.42. The molecule has 0 saturated carbocycles. The topological polar surface area (TPSA) is 53.5 Å². The fourth-order valence-electron chi connectivity index (χ4n) is 2.93. The first kappa shape index (κ1) is 12.9. The van der Waals surface area contributed by atoms with E-state index in [1.165, 1.54) is 0 Å². The normalized spacial score (nSPS) is 24.5. The van der Waals surface area contributed by atoms with Gasteiger partial charge in [-0.1, -0.05) is 6.92 Å². The molecule has 19 heavy (non-hydrogen) atoms. The van der Waals surface area contributed by atoms with Crippen molar-refractivity contribution in [1.82, 2.24) is 9.29 Å². The molecule has 0 aromatic carbocycles. The molecule has 0 bridgehead atoms. The minimum Gasteiger partial charge on any atom is -0.264 e. The van der Waals surface area contributed by atoms with Crippen molar-refractivity contribution in [3.8, 4) is 0 Å². The summed E-state index contributed by atoms with van der Waals surface area (Å²) in [5.41, 5.74) is 1.82. The van der Waals surface area contributed by atoms with E-state index in [2.05, 4.69) is 11.9 Å². The molecule has 3 rings (SSSR count). The lowest BCUT2D eigenvalue weighted by atomic mass is 10.0. The number of anilines is 1. The van der Waals surface area contributed by atoms with Crippen LogP contribution in [0.5, 0.6) is 0 Å². The van der Waals surface area contributed by atoms with Gasteiger partial charge in [0.05, 0.1) is 5.69 Å². The summed E-state index contributed by atoms with van der Waals surface area (Å²) >= 11 is 0. The van der Waals surface area contributed by atoms with Gasteiger partial charge in [-0.2, -0.15) is 12.7 Å². The molecule has 0 aliphatic carbocycles. The third kappa shape index (κ3) is 2.23. The zero-order valence-electron chi connectivity index (χ0n) is 11.1. The molecule has 3 heterocycles. The molecule has 6 heteroatoms. The van der Waals surface area contributed by atoms with Crippen LogP contribution in [0.4, 0.5) is 5.69 Å². The van der Waals surface area contributed by atoms with Gasteiger partial charge in [0.2, 0.25) is 0 Å². The van der Waals surface area contributed by atoms with Gasteiger partial charge < -0.3 is 0 Å². The van der Waals surface area contributed by atoms with Crippen molar-refractivity contribution in [2.24, 2.45) is 5.92 Å². The minimum atomic E-state index is -3.37. The van der Waals surface area contributed by atoms with E-state index < -0.39 is 10.2 Å². The SMILES string of the molecule is CC1CCCN(S(=O)(=O)N2CCc3cnccc32)C1. The Morgan fingerprint density at radius 1 is 1.37 bits per heavy atom. The summed E-state index contributed by atoms with van der Waals surface area (Å²) in [6, 6.07) is 1.80. The smallest absolute Gasteiger partial charge is 0.264 e. The highest BCUT2D eigenvalue weighted by Gasteiger charge is 2.36. The van der Waals surface area contributed by atoms with Crippen molar-refractivity contribution >= 4 is 15.9 Å². The minimum absolute atomic E-state index is 0.447. The molecule has 1 aromatic heterocycles. The molecule has 1 aromatic rings. The quantitative estimate of drug-likeness (QED) is 0.824. The Morgan fingerprint density at radius 2 is 2.21 bits per heavy atom. The van der Waals surface area contributed by atoms with Crippen molar-refractivity contribution in [2.45, 2.75) is 26.2 Å². The van der Waals surface area contributed by atoms with Crippen LogP contribution in [0.3, 0.4) is 0 Å². The van der Waals surface area contributed by atoms with Crippen LogP contribution in [0.15, 0.2) is 18.5 Å². The van der Waals surface area contributed by atoms with E-state index in [0.717, 1.165) is 30.5 Å². The number of hydrogen-bond donors (Lipinski definition) is 0. The number of piperidine rings is 1. The molecule has 2 aliphatic heterocycles. The fourth-order valence-corrected chi connectivity index (χ4v) is 4.76. The van der Waals surface area contributed by atoms with Crippen molar-refractivity contribution in [1.29, 1.82) is 0 Å². The van der Waals surface area contributed by atoms with E-state index in [0.29, 0.717) is 25.6 Å². The number of fused-ring (bicyclic) bond motifs is 1. The van der Waals surface area contributed by atoms with Gasteiger partial charge in [-0.3, -0.25) is 9.29 Å². The molecular weight excluding hydrogens is 262 g/mol. The molecule has 1 atom stereocenters. The van der Waals surface area contributed by atoms with Gasteiger partial charge >= 0.3 is 10.2 Å². The Bertz CT molecular complexity index is 573. The largest absolute Gasteiger partial charge is 0.304 e. The average Bonchev–Trinajstić information content (AvgIpc) is 2.83. The van der Waals surface area contributed by atoms with Crippen molar-refractivity contribution in [2.75, 3.05) is 23.9 Å². The maximum atomic E-state index is 12.7. The van der Waals surface area contributed by atoms with Crippen LogP contribution in [0.1, 0.15) is 25.3 Å². The van der Waals surface area contributed by atoms with Gasteiger partial charge in [-0.25, -0.2) is 0 Å². The standard InChI is InChI=1S/C13H19N3O2S/c1-11-3-2-7-15(10-11)19(17,18)16-8-5-12-9-14-6-4-13(12)16/h4,6,9,11H,2-3,5,7-8,10H2,1H3. The second-order valence-corrected chi connectivity index (χ2v) is 7.29. The molecule has 2 aliphatic rings. The van der Waals surface area contributed by atoms with Crippen LogP contribution >= 0.6 is 0 Å². The van der Waals surface area contributed by atoms with E-state index in [1.54, 1.807) is 27.1 Å². The molecule has 104 valence electrons.